The Labute approximate surface area is 442 Å². The molecule has 2 heterocycles. The molecule has 0 N–H and O–H groups in total. The second-order valence-electron chi connectivity index (χ2n) is 18.9. The Kier molecular flexibility index (Phi) is 17.6. The van der Waals surface area contributed by atoms with Crippen LogP contribution in [-0.2, 0) is 44.8 Å². The van der Waals surface area contributed by atoms with Crippen molar-refractivity contribution in [1.29, 1.82) is 0 Å². The van der Waals surface area contributed by atoms with Gasteiger partial charge in [-0.3, -0.25) is 12.5 Å². The van der Waals surface area contributed by atoms with Gasteiger partial charge in [0.2, 0.25) is 0 Å². The summed E-state index contributed by atoms with van der Waals surface area (Å²) in [6, 6.07) is 75.8. The topological polar surface area (TPSA) is 0 Å². The molecule has 1 aliphatic carbocycles. The summed E-state index contributed by atoms with van der Waals surface area (Å²) >= 11 is 0. The van der Waals surface area contributed by atoms with E-state index in [4.69, 9.17) is 13.0 Å². The molecule has 0 bridgehead atoms. The molecule has 0 amide bonds. The van der Waals surface area contributed by atoms with Crippen molar-refractivity contribution in [2.45, 2.75) is 63.2 Å². The van der Waals surface area contributed by atoms with Crippen LogP contribution in [-0.4, -0.2) is 27.5 Å². The summed E-state index contributed by atoms with van der Waals surface area (Å²) in [5.41, 5.74) is 9.15. The summed E-state index contributed by atoms with van der Waals surface area (Å²) in [7, 11) is -4.95. The zero-order valence-electron chi connectivity index (χ0n) is 39.4. The molecule has 8 aromatic rings. The van der Waals surface area contributed by atoms with Gasteiger partial charge in [-0.25, -0.2) is 6.08 Å². The number of rotatable bonds is 7. The fraction of sp³-hybridized carbons (Fsp3) is 0.161. The van der Waals surface area contributed by atoms with Crippen LogP contribution in [0.15, 0.2) is 206 Å². The van der Waals surface area contributed by atoms with E-state index in [1.54, 1.807) is 27.3 Å². The number of fused-ring (bicyclic) bond motifs is 6. The molecule has 1 fully saturated rings. The van der Waals surface area contributed by atoms with Crippen LogP contribution in [0, 0.1) is 18.9 Å². The van der Waals surface area contributed by atoms with Crippen molar-refractivity contribution < 1.29 is 44.8 Å². The van der Waals surface area contributed by atoms with Crippen LogP contribution in [0.4, 0.5) is 0 Å². The van der Waals surface area contributed by atoms with Gasteiger partial charge in [-0.15, -0.1) is 28.1 Å². The van der Waals surface area contributed by atoms with E-state index in [1.807, 2.05) is 12.1 Å². The first kappa shape index (κ1) is 51.7. The predicted molar refractivity (Wildman–Crippen MR) is 299 cm³/mol. The van der Waals surface area contributed by atoms with Gasteiger partial charge in [0.1, 0.15) is 11.3 Å². The third-order valence-corrected chi connectivity index (χ3v) is 28.5. The molecule has 3 aliphatic rings. The Balaban J connectivity index is 0.000000161. The van der Waals surface area contributed by atoms with Crippen molar-refractivity contribution in [2.75, 3.05) is 0 Å². The quantitative estimate of drug-likeness (QED) is 0.0646. The molecule has 1 saturated carbocycles. The van der Waals surface area contributed by atoms with Gasteiger partial charge in [-0.05, 0) is 107 Å². The minimum absolute atomic E-state index is 0. The van der Waals surface area contributed by atoms with Gasteiger partial charge in [0.25, 0.3) is 0 Å². The molecule has 0 radical (unpaired) electrons. The summed E-state index contributed by atoms with van der Waals surface area (Å²) in [5, 5.41) is 12.2. The molecular weight excluding hydrogens is 1260 g/mol. The Bertz CT molecular complexity index is 2820. The van der Waals surface area contributed by atoms with Crippen LogP contribution in [0.1, 0.15) is 36.8 Å². The maximum absolute atomic E-state index is 7.47. The molecule has 2 aliphatic heterocycles. The SMILES string of the molecule is [Au+].[Au+].[C-]#Cc1cccc2c1[Si](C)(C)c1ccccc1-2.[CH-]=Cc1cccc2c1[Si](C)(C)c1ccccc1-2.c1ccc([PH+](c2ccccc2)C2CCCCC2[PH+](c2ccccc2)c2ccccc2)cc1. The summed E-state index contributed by atoms with van der Waals surface area (Å²) in [4.78, 5) is 0. The van der Waals surface area contributed by atoms with Crippen LogP contribution in [0.5, 0.6) is 0 Å². The van der Waals surface area contributed by atoms with Gasteiger partial charge >= 0.3 is 44.8 Å². The van der Waals surface area contributed by atoms with Crippen LogP contribution in [0.3, 0.4) is 0 Å². The zero-order valence-corrected chi connectivity index (χ0v) is 47.7. The summed E-state index contributed by atoms with van der Waals surface area (Å²) in [6.45, 7) is 15.3. The molecule has 0 spiro atoms. The third kappa shape index (κ3) is 10.3. The molecule has 8 aromatic carbocycles. The Morgan fingerprint density at radius 1 is 0.441 bits per heavy atom. The van der Waals surface area contributed by atoms with E-state index in [2.05, 4.69) is 226 Å². The van der Waals surface area contributed by atoms with E-state index in [1.165, 1.54) is 74.2 Å². The van der Waals surface area contributed by atoms with Gasteiger partial charge < -0.3 is 6.42 Å². The minimum Gasteiger partial charge on any atom is -0.366 e. The molecule has 0 aromatic heterocycles. The molecular formula is C62H60Au2P2Si2+2. The van der Waals surface area contributed by atoms with Crippen LogP contribution >= 0.6 is 15.8 Å². The van der Waals surface area contributed by atoms with E-state index < -0.39 is 32.0 Å². The van der Waals surface area contributed by atoms with Crippen LogP contribution in [0.25, 0.3) is 28.3 Å². The van der Waals surface area contributed by atoms with E-state index in [0.29, 0.717) is 0 Å². The zero-order chi connectivity index (χ0) is 45.7. The van der Waals surface area contributed by atoms with Crippen molar-refractivity contribution in [3.63, 3.8) is 0 Å². The smallest absolute Gasteiger partial charge is 0.366 e. The maximum atomic E-state index is 7.47. The minimum atomic E-state index is -1.63. The molecule has 68 heavy (non-hydrogen) atoms. The molecule has 6 heteroatoms. The normalized spacial score (nSPS) is 16.3. The second-order valence-corrected chi connectivity index (χ2v) is 32.9. The fourth-order valence-electron chi connectivity index (χ4n) is 11.5. The summed E-state index contributed by atoms with van der Waals surface area (Å²) < 4.78 is 0. The Morgan fingerprint density at radius 3 is 1.18 bits per heavy atom. The number of hydrogen-bond acceptors (Lipinski definition) is 0. The first-order valence-corrected chi connectivity index (χ1v) is 32.8. The molecule has 2 atom stereocenters. The van der Waals surface area contributed by atoms with Crippen molar-refractivity contribution in [1.82, 2.24) is 0 Å². The van der Waals surface area contributed by atoms with Gasteiger partial charge in [0.15, 0.2) is 0 Å². The summed E-state index contributed by atoms with van der Waals surface area (Å²) in [5.74, 6) is 2.60. The molecule has 0 saturated heterocycles. The van der Waals surface area contributed by atoms with Gasteiger partial charge in [-0.1, -0.05) is 172 Å². The van der Waals surface area contributed by atoms with Crippen LogP contribution in [0.2, 0.25) is 26.2 Å². The molecule has 346 valence electrons. The maximum Gasteiger partial charge on any atom is 1.00 e. The largest absolute Gasteiger partial charge is 1.00 e. The average Bonchev–Trinajstić information content (AvgIpc) is 3.76. The van der Waals surface area contributed by atoms with Gasteiger partial charge in [-0.2, -0.15) is 5.56 Å². The van der Waals surface area contributed by atoms with E-state index in [9.17, 15) is 0 Å². The van der Waals surface area contributed by atoms with E-state index in [0.717, 1.165) is 16.9 Å². The number of benzene rings is 8. The third-order valence-electron chi connectivity index (χ3n) is 14.4. The summed E-state index contributed by atoms with van der Waals surface area (Å²) in [6.07, 6.45) is 14.7. The number of hydrogen-bond donors (Lipinski definition) is 0. The molecule has 2 unspecified atom stereocenters. The van der Waals surface area contributed by atoms with E-state index in [-0.39, 0.29) is 44.8 Å². The first-order chi connectivity index (χ1) is 32.2. The van der Waals surface area contributed by atoms with Gasteiger partial charge in [0, 0.05) is 0 Å². The fourth-order valence-corrected chi connectivity index (χ4v) is 26.0. The van der Waals surface area contributed by atoms with Crippen molar-refractivity contribution >= 4 is 80.0 Å². The van der Waals surface area contributed by atoms with Crippen molar-refractivity contribution in [3.05, 3.63) is 230 Å². The monoisotopic (exact) mass is 1320 g/mol. The predicted octanol–water partition coefficient (Wildman–Crippen LogP) is 11.4. The van der Waals surface area contributed by atoms with Crippen molar-refractivity contribution in [3.8, 4) is 28.2 Å². The first-order valence-electron chi connectivity index (χ1n) is 23.6. The standard InChI is InChI=1S/C30H30P2.C16H15Si.C16H13Si.2Au/c1-5-15-25(16-6-1)31(26-17-7-2-8-18-26)29-23-13-14-24-30(29)32(27-19-9-3-10-20-27)28-21-11-4-12-22-28;2*1-4-12-8-7-10-14-13-9-5-6-11-15(13)17(2,3)16(12)14;;/h1-12,15-22,29-30H,13-14,23-24H2;1,4-11H,2-3H3;5-11H,2-3H3;;/q;2*-1;2*+1/p+2. The van der Waals surface area contributed by atoms with E-state index >= 15 is 0 Å². The van der Waals surface area contributed by atoms with Crippen molar-refractivity contribution in [2.24, 2.45) is 0 Å². The molecule has 11 rings (SSSR count). The molecule has 0 nitrogen and oxygen atoms in total. The van der Waals surface area contributed by atoms with Gasteiger partial charge in [0.05, 0.1) is 53.2 Å². The average molecular weight is 1320 g/mol. The van der Waals surface area contributed by atoms with Crippen LogP contribution < -0.4 is 42.0 Å². The Hall–Kier alpha value is -4.17. The second kappa shape index (κ2) is 23.2. The Morgan fingerprint density at radius 2 is 0.779 bits per heavy atom.